The number of halogens is 1. The fourth-order valence-corrected chi connectivity index (χ4v) is 2.00. The Labute approximate surface area is 132 Å². The van der Waals surface area contributed by atoms with E-state index in [0.717, 1.165) is 17.7 Å². The van der Waals surface area contributed by atoms with Crippen molar-refractivity contribution >= 4 is 17.6 Å². The SMILES string of the molecule is Cc1ccc(OCNC(=O)NCCCCl)c(C(C)(C)C)c1. The molecule has 0 fully saturated rings. The summed E-state index contributed by atoms with van der Waals surface area (Å²) in [5.74, 6) is 1.34. The van der Waals surface area contributed by atoms with Crippen molar-refractivity contribution in [2.24, 2.45) is 0 Å². The molecule has 0 aliphatic carbocycles. The molecule has 1 rings (SSSR count). The topological polar surface area (TPSA) is 50.4 Å². The molecule has 0 atom stereocenters. The molecular weight excluding hydrogens is 288 g/mol. The number of hydrogen-bond acceptors (Lipinski definition) is 2. The van der Waals surface area contributed by atoms with Crippen molar-refractivity contribution < 1.29 is 9.53 Å². The maximum absolute atomic E-state index is 11.5. The summed E-state index contributed by atoms with van der Waals surface area (Å²) in [6.07, 6.45) is 0.752. The van der Waals surface area contributed by atoms with Crippen LogP contribution in [-0.2, 0) is 5.41 Å². The molecule has 0 spiro atoms. The first-order valence-electron chi connectivity index (χ1n) is 7.16. The van der Waals surface area contributed by atoms with Gasteiger partial charge in [-0.3, -0.25) is 0 Å². The zero-order chi connectivity index (χ0) is 15.9. The number of ether oxygens (including phenoxy) is 1. The Morgan fingerprint density at radius 2 is 2.00 bits per heavy atom. The lowest BCUT2D eigenvalue weighted by Gasteiger charge is -2.23. The third kappa shape index (κ3) is 6.25. The number of amides is 2. The fourth-order valence-electron chi connectivity index (χ4n) is 1.87. The average molecular weight is 313 g/mol. The van der Waals surface area contributed by atoms with Crippen LogP contribution in [0.2, 0.25) is 0 Å². The number of carbonyl (C=O) groups excluding carboxylic acids is 1. The van der Waals surface area contributed by atoms with Gasteiger partial charge in [0.25, 0.3) is 0 Å². The minimum absolute atomic E-state index is 0.00996. The second-order valence-corrected chi connectivity index (χ2v) is 6.39. The molecule has 0 heterocycles. The van der Waals surface area contributed by atoms with Gasteiger partial charge in [-0.1, -0.05) is 38.5 Å². The zero-order valence-electron chi connectivity index (χ0n) is 13.3. The summed E-state index contributed by atoms with van der Waals surface area (Å²) in [6.45, 7) is 9.18. The van der Waals surface area contributed by atoms with Crippen LogP contribution in [0.4, 0.5) is 4.79 Å². The first kappa shape index (κ1) is 17.6. The second-order valence-electron chi connectivity index (χ2n) is 6.01. The highest BCUT2D eigenvalue weighted by atomic mass is 35.5. The summed E-state index contributed by atoms with van der Waals surface area (Å²) in [5, 5.41) is 5.38. The van der Waals surface area contributed by atoms with Gasteiger partial charge >= 0.3 is 6.03 Å². The standard InChI is InChI=1S/C16H25ClN2O2/c1-12-6-7-14(13(10-12)16(2,3)4)21-11-19-15(20)18-9-5-8-17/h6-7,10H,5,8-9,11H2,1-4H3,(H2,18,19,20). The predicted octanol–water partition coefficient (Wildman–Crippen LogP) is 3.56. The van der Waals surface area contributed by atoms with Crippen LogP contribution in [0.1, 0.15) is 38.3 Å². The van der Waals surface area contributed by atoms with E-state index in [2.05, 4.69) is 44.4 Å². The molecule has 4 nitrogen and oxygen atoms in total. The van der Waals surface area contributed by atoms with Gasteiger partial charge in [-0.2, -0.15) is 0 Å². The number of carbonyl (C=O) groups is 1. The minimum atomic E-state index is -0.246. The average Bonchev–Trinajstić information content (AvgIpc) is 2.39. The third-order valence-corrected chi connectivity index (χ3v) is 3.27. The Morgan fingerprint density at radius 1 is 1.29 bits per heavy atom. The van der Waals surface area contributed by atoms with Gasteiger partial charge in [0.1, 0.15) is 5.75 Å². The van der Waals surface area contributed by atoms with Gasteiger partial charge in [-0.25, -0.2) is 4.79 Å². The molecule has 0 unspecified atom stereocenters. The third-order valence-electron chi connectivity index (χ3n) is 3.00. The molecule has 0 aromatic heterocycles. The van der Waals surface area contributed by atoms with Crippen LogP contribution >= 0.6 is 11.6 Å². The molecule has 0 aliphatic heterocycles. The minimum Gasteiger partial charge on any atom is -0.473 e. The molecule has 2 amide bonds. The van der Waals surface area contributed by atoms with Crippen molar-refractivity contribution in [2.75, 3.05) is 19.2 Å². The van der Waals surface area contributed by atoms with E-state index in [-0.39, 0.29) is 18.2 Å². The van der Waals surface area contributed by atoms with E-state index in [4.69, 9.17) is 16.3 Å². The van der Waals surface area contributed by atoms with Crippen molar-refractivity contribution in [3.63, 3.8) is 0 Å². The summed E-state index contributed by atoms with van der Waals surface area (Å²) in [4.78, 5) is 11.5. The molecule has 0 bridgehead atoms. The molecule has 0 aliphatic rings. The normalized spacial score (nSPS) is 11.1. The van der Waals surface area contributed by atoms with Crippen LogP contribution in [0.15, 0.2) is 18.2 Å². The van der Waals surface area contributed by atoms with Gasteiger partial charge in [-0.15, -0.1) is 11.6 Å². The van der Waals surface area contributed by atoms with Gasteiger partial charge in [0.15, 0.2) is 6.73 Å². The van der Waals surface area contributed by atoms with Crippen molar-refractivity contribution in [1.29, 1.82) is 0 Å². The largest absolute Gasteiger partial charge is 0.473 e. The molecule has 118 valence electrons. The number of aryl methyl sites for hydroxylation is 1. The molecule has 2 N–H and O–H groups in total. The molecule has 5 heteroatoms. The van der Waals surface area contributed by atoms with Gasteiger partial charge in [0, 0.05) is 12.4 Å². The summed E-state index contributed by atoms with van der Waals surface area (Å²) in [5.41, 5.74) is 2.31. The van der Waals surface area contributed by atoms with E-state index in [1.165, 1.54) is 5.56 Å². The quantitative estimate of drug-likeness (QED) is 0.479. The van der Waals surface area contributed by atoms with Crippen molar-refractivity contribution in [1.82, 2.24) is 10.6 Å². The van der Waals surface area contributed by atoms with Gasteiger partial charge in [0.2, 0.25) is 0 Å². The van der Waals surface area contributed by atoms with E-state index >= 15 is 0 Å². The smallest absolute Gasteiger partial charge is 0.317 e. The Bertz CT molecular complexity index is 470. The maximum atomic E-state index is 11.5. The lowest BCUT2D eigenvalue weighted by molar-refractivity contribution is 0.223. The Morgan fingerprint density at radius 3 is 2.62 bits per heavy atom. The molecule has 0 saturated heterocycles. The highest BCUT2D eigenvalue weighted by molar-refractivity contribution is 6.17. The van der Waals surface area contributed by atoms with Gasteiger partial charge < -0.3 is 15.4 Å². The van der Waals surface area contributed by atoms with E-state index in [9.17, 15) is 4.79 Å². The second kappa shape index (κ2) is 8.13. The number of alkyl halides is 1. The van der Waals surface area contributed by atoms with E-state index < -0.39 is 0 Å². The van der Waals surface area contributed by atoms with Crippen LogP contribution in [-0.4, -0.2) is 25.2 Å². The van der Waals surface area contributed by atoms with Crippen LogP contribution in [0.25, 0.3) is 0 Å². The number of rotatable bonds is 6. The van der Waals surface area contributed by atoms with E-state index in [1.807, 2.05) is 12.1 Å². The van der Waals surface area contributed by atoms with Crippen LogP contribution < -0.4 is 15.4 Å². The summed E-state index contributed by atoms with van der Waals surface area (Å²) in [6, 6.07) is 5.83. The van der Waals surface area contributed by atoms with Crippen molar-refractivity contribution in [2.45, 2.75) is 39.5 Å². The summed E-state index contributed by atoms with van der Waals surface area (Å²) >= 11 is 5.55. The van der Waals surface area contributed by atoms with Gasteiger partial charge in [-0.05, 0) is 30.4 Å². The number of hydrogen-bond donors (Lipinski definition) is 2. The summed E-state index contributed by atoms with van der Waals surface area (Å²) in [7, 11) is 0. The fraction of sp³-hybridized carbons (Fsp3) is 0.562. The van der Waals surface area contributed by atoms with Crippen LogP contribution in [0, 0.1) is 6.92 Å². The Balaban J connectivity index is 2.54. The molecule has 0 saturated carbocycles. The van der Waals surface area contributed by atoms with Crippen molar-refractivity contribution in [3.8, 4) is 5.75 Å². The number of benzene rings is 1. The Hall–Kier alpha value is -1.42. The number of nitrogens with one attached hydrogen (secondary N) is 2. The molecule has 21 heavy (non-hydrogen) atoms. The van der Waals surface area contributed by atoms with Crippen molar-refractivity contribution in [3.05, 3.63) is 29.3 Å². The molecule has 0 radical (unpaired) electrons. The first-order valence-corrected chi connectivity index (χ1v) is 7.69. The maximum Gasteiger partial charge on any atom is 0.317 e. The van der Waals surface area contributed by atoms with Gasteiger partial charge in [0.05, 0.1) is 0 Å². The molecule has 1 aromatic rings. The Kier molecular flexibility index (Phi) is 6.82. The van der Waals surface area contributed by atoms with Crippen LogP contribution in [0.5, 0.6) is 5.75 Å². The summed E-state index contributed by atoms with van der Waals surface area (Å²) < 4.78 is 5.70. The monoisotopic (exact) mass is 312 g/mol. The highest BCUT2D eigenvalue weighted by Crippen LogP contribution is 2.31. The lowest BCUT2D eigenvalue weighted by atomic mass is 9.85. The van der Waals surface area contributed by atoms with Crippen LogP contribution in [0.3, 0.4) is 0 Å². The highest BCUT2D eigenvalue weighted by Gasteiger charge is 2.19. The zero-order valence-corrected chi connectivity index (χ0v) is 14.0. The van der Waals surface area contributed by atoms with E-state index in [1.54, 1.807) is 0 Å². The number of urea groups is 1. The van der Waals surface area contributed by atoms with E-state index in [0.29, 0.717) is 12.4 Å². The molecular formula is C16H25ClN2O2. The predicted molar refractivity (Wildman–Crippen MR) is 87.2 cm³/mol. The molecule has 1 aromatic carbocycles. The lowest BCUT2D eigenvalue weighted by Crippen LogP contribution is -2.38. The first-order chi connectivity index (χ1) is 9.84.